The van der Waals surface area contributed by atoms with E-state index in [0.29, 0.717) is 6.04 Å². The van der Waals surface area contributed by atoms with Gasteiger partial charge in [0.05, 0.1) is 0 Å². The first kappa shape index (κ1) is 13.2. The molecule has 4 heterocycles. The van der Waals surface area contributed by atoms with E-state index in [4.69, 9.17) is 0 Å². The van der Waals surface area contributed by atoms with Gasteiger partial charge in [-0.15, -0.1) is 10.2 Å². The van der Waals surface area contributed by atoms with Crippen molar-refractivity contribution < 1.29 is 0 Å². The molecule has 1 saturated heterocycles. The number of anilines is 1. The minimum Gasteiger partial charge on any atom is -0.350 e. The number of pyridine rings is 1. The van der Waals surface area contributed by atoms with Crippen molar-refractivity contribution in [1.29, 1.82) is 0 Å². The van der Waals surface area contributed by atoms with Gasteiger partial charge >= 0.3 is 0 Å². The summed E-state index contributed by atoms with van der Waals surface area (Å²) in [6.45, 7) is 1.03. The van der Waals surface area contributed by atoms with E-state index in [2.05, 4.69) is 31.1 Å². The SMILES string of the molecule is c1ccc(CC[C@H]2CCCN2c2nccn3cnnc23)nc1. The van der Waals surface area contributed by atoms with Crippen LogP contribution in [0.1, 0.15) is 25.0 Å². The van der Waals surface area contributed by atoms with Crippen LogP contribution in [0.15, 0.2) is 43.1 Å². The van der Waals surface area contributed by atoms with Crippen LogP contribution < -0.4 is 4.90 Å². The lowest BCUT2D eigenvalue weighted by atomic mass is 10.1. The lowest BCUT2D eigenvalue weighted by molar-refractivity contribution is 0.601. The van der Waals surface area contributed by atoms with Gasteiger partial charge in [-0.2, -0.15) is 0 Å². The Labute approximate surface area is 128 Å². The molecule has 0 aliphatic carbocycles. The van der Waals surface area contributed by atoms with Crippen molar-refractivity contribution in [1.82, 2.24) is 24.6 Å². The van der Waals surface area contributed by atoms with Gasteiger partial charge in [-0.3, -0.25) is 9.38 Å². The van der Waals surface area contributed by atoms with Crippen LogP contribution in [-0.2, 0) is 6.42 Å². The molecule has 0 bridgehead atoms. The van der Waals surface area contributed by atoms with Crippen molar-refractivity contribution in [2.24, 2.45) is 0 Å². The van der Waals surface area contributed by atoms with Crippen molar-refractivity contribution in [3.63, 3.8) is 0 Å². The number of aryl methyl sites for hydroxylation is 1. The molecule has 1 fully saturated rings. The van der Waals surface area contributed by atoms with Crippen LogP contribution >= 0.6 is 0 Å². The van der Waals surface area contributed by atoms with Crippen molar-refractivity contribution in [3.05, 3.63) is 48.8 Å². The first-order valence-corrected chi connectivity index (χ1v) is 7.73. The van der Waals surface area contributed by atoms with Crippen molar-refractivity contribution in [2.45, 2.75) is 31.7 Å². The van der Waals surface area contributed by atoms with Crippen LogP contribution in [0.3, 0.4) is 0 Å². The fraction of sp³-hybridized carbons (Fsp3) is 0.375. The molecule has 22 heavy (non-hydrogen) atoms. The molecule has 0 amide bonds. The van der Waals surface area contributed by atoms with Crippen LogP contribution in [0.5, 0.6) is 0 Å². The standard InChI is InChI=1S/C16H18N6/c1-2-8-17-13(4-1)6-7-14-5-3-10-22(14)15-16-20-19-12-21(16)11-9-18-15/h1-2,4,8-9,11-12,14H,3,5-7,10H2/t14-/m1/s1. The van der Waals surface area contributed by atoms with E-state index in [1.54, 1.807) is 6.33 Å². The molecule has 6 nitrogen and oxygen atoms in total. The summed E-state index contributed by atoms with van der Waals surface area (Å²) in [5, 5.41) is 8.20. The predicted octanol–water partition coefficient (Wildman–Crippen LogP) is 2.12. The van der Waals surface area contributed by atoms with Gasteiger partial charge in [-0.05, 0) is 37.8 Å². The molecule has 1 aliphatic rings. The molecule has 0 N–H and O–H groups in total. The molecule has 1 aliphatic heterocycles. The molecule has 0 radical (unpaired) electrons. The van der Waals surface area contributed by atoms with Crippen LogP contribution in [0.4, 0.5) is 5.82 Å². The second-order valence-electron chi connectivity index (χ2n) is 5.66. The first-order valence-electron chi connectivity index (χ1n) is 7.73. The third kappa shape index (κ3) is 2.41. The second kappa shape index (κ2) is 5.71. The lowest BCUT2D eigenvalue weighted by Gasteiger charge is -2.25. The molecular weight excluding hydrogens is 276 g/mol. The molecule has 0 saturated carbocycles. The van der Waals surface area contributed by atoms with Gasteiger partial charge in [0.15, 0.2) is 5.82 Å². The topological polar surface area (TPSA) is 59.2 Å². The number of fused-ring (bicyclic) bond motifs is 1. The summed E-state index contributed by atoms with van der Waals surface area (Å²) in [5.41, 5.74) is 2.00. The minimum atomic E-state index is 0.498. The highest BCUT2D eigenvalue weighted by atomic mass is 15.3. The molecule has 3 aromatic heterocycles. The molecular formula is C16H18N6. The third-order valence-electron chi connectivity index (χ3n) is 4.31. The van der Waals surface area contributed by atoms with Crippen LogP contribution in [0.25, 0.3) is 5.65 Å². The molecule has 0 spiro atoms. The highest BCUT2D eigenvalue weighted by molar-refractivity contribution is 5.64. The molecule has 3 aromatic rings. The second-order valence-corrected chi connectivity index (χ2v) is 5.66. The highest BCUT2D eigenvalue weighted by Gasteiger charge is 2.27. The van der Waals surface area contributed by atoms with E-state index in [1.807, 2.05) is 35.1 Å². The van der Waals surface area contributed by atoms with Crippen LogP contribution in [0, 0.1) is 0 Å². The van der Waals surface area contributed by atoms with Crippen LogP contribution in [-0.4, -0.2) is 37.2 Å². The minimum absolute atomic E-state index is 0.498. The summed E-state index contributed by atoms with van der Waals surface area (Å²) in [5.74, 6) is 0.948. The monoisotopic (exact) mass is 294 g/mol. The van der Waals surface area contributed by atoms with E-state index in [1.165, 1.54) is 12.8 Å². The Hall–Kier alpha value is -2.50. The lowest BCUT2D eigenvalue weighted by Crippen LogP contribution is -2.31. The molecule has 0 aromatic carbocycles. The largest absolute Gasteiger partial charge is 0.350 e. The number of nitrogens with zero attached hydrogens (tertiary/aromatic N) is 6. The molecule has 6 heteroatoms. The van der Waals surface area contributed by atoms with Crippen LogP contribution in [0.2, 0.25) is 0 Å². The van der Waals surface area contributed by atoms with E-state index in [9.17, 15) is 0 Å². The maximum Gasteiger partial charge on any atom is 0.203 e. The zero-order valence-corrected chi connectivity index (χ0v) is 12.3. The molecule has 1 atom stereocenters. The average molecular weight is 294 g/mol. The number of rotatable bonds is 4. The first-order chi connectivity index (χ1) is 10.9. The van der Waals surface area contributed by atoms with Gasteiger partial charge in [-0.25, -0.2) is 4.98 Å². The van der Waals surface area contributed by atoms with Gasteiger partial charge in [0.1, 0.15) is 6.33 Å². The number of hydrogen-bond donors (Lipinski definition) is 0. The van der Waals surface area contributed by atoms with E-state index in [-0.39, 0.29) is 0 Å². The Morgan fingerprint density at radius 2 is 2.18 bits per heavy atom. The fourth-order valence-electron chi connectivity index (χ4n) is 3.22. The average Bonchev–Trinajstić information content (AvgIpc) is 3.22. The third-order valence-corrected chi connectivity index (χ3v) is 4.31. The van der Waals surface area contributed by atoms with Gasteiger partial charge < -0.3 is 4.90 Å². The molecule has 4 rings (SSSR count). The normalized spacial score (nSPS) is 18.2. The Morgan fingerprint density at radius 3 is 3.09 bits per heavy atom. The zero-order valence-electron chi connectivity index (χ0n) is 12.3. The summed E-state index contributed by atoms with van der Waals surface area (Å²) >= 11 is 0. The summed E-state index contributed by atoms with van der Waals surface area (Å²) < 4.78 is 1.93. The Balaban J connectivity index is 1.55. The predicted molar refractivity (Wildman–Crippen MR) is 83.7 cm³/mol. The smallest absolute Gasteiger partial charge is 0.203 e. The highest BCUT2D eigenvalue weighted by Crippen LogP contribution is 2.28. The molecule has 0 unspecified atom stereocenters. The summed E-state index contributed by atoms with van der Waals surface area (Å²) in [6.07, 6.45) is 11.8. The molecule has 112 valence electrons. The maximum atomic E-state index is 4.55. The van der Waals surface area contributed by atoms with Gasteiger partial charge in [-0.1, -0.05) is 6.07 Å². The number of hydrogen-bond acceptors (Lipinski definition) is 5. The maximum absolute atomic E-state index is 4.55. The van der Waals surface area contributed by atoms with Gasteiger partial charge in [0.25, 0.3) is 0 Å². The quantitative estimate of drug-likeness (QED) is 0.737. The summed E-state index contributed by atoms with van der Waals surface area (Å²) in [6, 6.07) is 6.60. The van der Waals surface area contributed by atoms with Gasteiger partial charge in [0, 0.05) is 36.9 Å². The summed E-state index contributed by atoms with van der Waals surface area (Å²) in [4.78, 5) is 11.4. The number of aromatic nitrogens is 5. The Morgan fingerprint density at radius 1 is 1.18 bits per heavy atom. The van der Waals surface area contributed by atoms with E-state index >= 15 is 0 Å². The fourth-order valence-corrected chi connectivity index (χ4v) is 3.22. The van der Waals surface area contributed by atoms with E-state index < -0.39 is 0 Å². The van der Waals surface area contributed by atoms with E-state index in [0.717, 1.165) is 36.5 Å². The van der Waals surface area contributed by atoms with Gasteiger partial charge in [0.2, 0.25) is 5.65 Å². The zero-order chi connectivity index (χ0) is 14.8. The van der Waals surface area contributed by atoms with Crippen molar-refractivity contribution >= 4 is 11.5 Å². The summed E-state index contributed by atoms with van der Waals surface area (Å²) in [7, 11) is 0. The Kier molecular flexibility index (Phi) is 3.42. The van der Waals surface area contributed by atoms with Crippen molar-refractivity contribution in [2.75, 3.05) is 11.4 Å². The van der Waals surface area contributed by atoms with Crippen molar-refractivity contribution in [3.8, 4) is 0 Å². The Bertz CT molecular complexity index is 753.